The van der Waals surface area contributed by atoms with Gasteiger partial charge in [-0.1, -0.05) is 25.7 Å². The second-order valence-corrected chi connectivity index (χ2v) is 4.55. The molecule has 0 fully saturated rings. The highest BCUT2D eigenvalue weighted by molar-refractivity contribution is 5.85. The molecule has 116 valence electrons. The number of nitrogens with zero attached hydrogens (tertiary/aromatic N) is 1. The second-order valence-electron chi connectivity index (χ2n) is 4.55. The van der Waals surface area contributed by atoms with Crippen molar-refractivity contribution in [3.8, 4) is 0 Å². The summed E-state index contributed by atoms with van der Waals surface area (Å²) in [5.74, 6) is -1.21. The Morgan fingerprint density at radius 3 is 2.10 bits per heavy atom. The van der Waals surface area contributed by atoms with Gasteiger partial charge in [0.05, 0.1) is 0 Å². The van der Waals surface area contributed by atoms with Crippen molar-refractivity contribution in [3.05, 3.63) is 0 Å². The lowest BCUT2D eigenvalue weighted by Gasteiger charge is -2.08. The quantitative estimate of drug-likeness (QED) is 0.141. The van der Waals surface area contributed by atoms with Crippen molar-refractivity contribution >= 4 is 17.8 Å². The van der Waals surface area contributed by atoms with E-state index in [4.69, 9.17) is 22.3 Å². The minimum atomic E-state index is -1.60. The van der Waals surface area contributed by atoms with Gasteiger partial charge in [0.2, 0.25) is 12.1 Å². The zero-order valence-corrected chi connectivity index (χ0v) is 11.7. The van der Waals surface area contributed by atoms with Gasteiger partial charge < -0.3 is 27.6 Å². The molecule has 0 radical (unpaired) electrons. The van der Waals surface area contributed by atoms with Gasteiger partial charge in [-0.25, -0.2) is 0 Å². The van der Waals surface area contributed by atoms with Gasteiger partial charge in [-0.05, 0) is 12.8 Å². The van der Waals surface area contributed by atoms with E-state index in [1.54, 1.807) is 0 Å². The summed E-state index contributed by atoms with van der Waals surface area (Å²) in [6.45, 7) is 0.649. The van der Waals surface area contributed by atoms with Crippen LogP contribution in [0.2, 0.25) is 0 Å². The number of aliphatic imine (C=N–C) groups is 1. The SMILES string of the molecule is NC(=O)C(O)NC(=O)CCCCCCCCN=C(N)N. The Bertz CT molecular complexity index is 329. The standard InChI is InChI=1S/C12H25N5O3/c13-10(19)11(20)17-9(18)7-5-3-1-2-4-6-8-16-12(14)15/h11,20H,1-8H2,(H2,13,19)(H,17,18)(H4,14,15,16). The summed E-state index contributed by atoms with van der Waals surface area (Å²) in [4.78, 5) is 25.7. The molecule has 0 aliphatic heterocycles. The number of hydrogen-bond acceptors (Lipinski definition) is 4. The topological polar surface area (TPSA) is 157 Å². The maximum Gasteiger partial charge on any atom is 0.267 e. The van der Waals surface area contributed by atoms with Crippen molar-refractivity contribution in [2.45, 2.75) is 51.2 Å². The van der Waals surface area contributed by atoms with Crippen molar-refractivity contribution in [3.63, 3.8) is 0 Å². The fourth-order valence-electron chi connectivity index (χ4n) is 1.61. The predicted octanol–water partition coefficient (Wildman–Crippen LogP) is -1.09. The lowest BCUT2D eigenvalue weighted by atomic mass is 10.1. The van der Waals surface area contributed by atoms with Crippen LogP contribution < -0.4 is 22.5 Å². The summed E-state index contributed by atoms with van der Waals surface area (Å²) in [5, 5.41) is 11.1. The number of carbonyl (C=O) groups is 2. The molecule has 0 bridgehead atoms. The number of nitrogens with two attached hydrogens (primary N) is 3. The van der Waals surface area contributed by atoms with Gasteiger partial charge in [0, 0.05) is 13.0 Å². The fourth-order valence-corrected chi connectivity index (χ4v) is 1.61. The summed E-state index contributed by atoms with van der Waals surface area (Å²) in [6, 6.07) is 0. The monoisotopic (exact) mass is 287 g/mol. The zero-order valence-electron chi connectivity index (χ0n) is 11.7. The predicted molar refractivity (Wildman–Crippen MR) is 76.3 cm³/mol. The lowest BCUT2D eigenvalue weighted by Crippen LogP contribution is -2.44. The van der Waals surface area contributed by atoms with Gasteiger partial charge in [0.1, 0.15) is 0 Å². The number of carbonyl (C=O) groups excluding carboxylic acids is 2. The van der Waals surface area contributed by atoms with Gasteiger partial charge in [-0.15, -0.1) is 0 Å². The minimum Gasteiger partial charge on any atom is -0.370 e. The van der Waals surface area contributed by atoms with Crippen LogP contribution in [0.3, 0.4) is 0 Å². The molecule has 0 saturated carbocycles. The van der Waals surface area contributed by atoms with Crippen molar-refractivity contribution in [1.29, 1.82) is 0 Å². The van der Waals surface area contributed by atoms with Crippen LogP contribution in [0.1, 0.15) is 44.9 Å². The maximum absolute atomic E-state index is 11.3. The first-order valence-corrected chi connectivity index (χ1v) is 6.75. The van der Waals surface area contributed by atoms with Gasteiger partial charge >= 0.3 is 0 Å². The molecular weight excluding hydrogens is 262 g/mol. The second kappa shape index (κ2) is 11.0. The van der Waals surface area contributed by atoms with E-state index >= 15 is 0 Å². The average Bonchev–Trinajstić information content (AvgIpc) is 2.36. The van der Waals surface area contributed by atoms with E-state index in [0.29, 0.717) is 13.0 Å². The molecular formula is C12H25N5O3. The number of aliphatic hydroxyl groups excluding tert-OH is 1. The Morgan fingerprint density at radius 2 is 1.55 bits per heavy atom. The van der Waals surface area contributed by atoms with Gasteiger partial charge in [0.25, 0.3) is 5.91 Å². The number of amides is 2. The highest BCUT2D eigenvalue weighted by Crippen LogP contribution is 2.07. The Kier molecular flexibility index (Phi) is 10.0. The van der Waals surface area contributed by atoms with E-state index in [9.17, 15) is 9.59 Å². The Hall–Kier alpha value is -1.83. The fraction of sp³-hybridized carbons (Fsp3) is 0.750. The molecule has 0 aromatic rings. The smallest absolute Gasteiger partial charge is 0.267 e. The Labute approximate surface area is 118 Å². The van der Waals surface area contributed by atoms with Crippen molar-refractivity contribution in [1.82, 2.24) is 5.32 Å². The van der Waals surface area contributed by atoms with Gasteiger partial charge in [0.15, 0.2) is 5.96 Å². The summed E-state index contributed by atoms with van der Waals surface area (Å²) < 4.78 is 0. The third-order valence-corrected chi connectivity index (χ3v) is 2.67. The number of primary amides is 1. The molecule has 1 atom stereocenters. The van der Waals surface area contributed by atoms with E-state index in [1.165, 1.54) is 0 Å². The minimum absolute atomic E-state index is 0.120. The highest BCUT2D eigenvalue weighted by atomic mass is 16.3. The molecule has 0 aromatic carbocycles. The largest absolute Gasteiger partial charge is 0.370 e. The molecule has 0 saturated heterocycles. The Balaban J connectivity index is 3.38. The molecule has 0 heterocycles. The van der Waals surface area contributed by atoms with Crippen LogP contribution in [0, 0.1) is 0 Å². The highest BCUT2D eigenvalue weighted by Gasteiger charge is 2.13. The number of hydrogen-bond donors (Lipinski definition) is 5. The summed E-state index contributed by atoms with van der Waals surface area (Å²) >= 11 is 0. The van der Waals surface area contributed by atoms with Crippen LogP contribution in [0.4, 0.5) is 0 Å². The van der Waals surface area contributed by atoms with Crippen LogP contribution in [-0.4, -0.2) is 35.7 Å². The molecule has 8 heteroatoms. The summed E-state index contributed by atoms with van der Waals surface area (Å²) in [7, 11) is 0. The van der Waals surface area contributed by atoms with E-state index in [-0.39, 0.29) is 18.3 Å². The third kappa shape index (κ3) is 11.3. The lowest BCUT2D eigenvalue weighted by molar-refractivity contribution is -0.134. The van der Waals surface area contributed by atoms with Crippen LogP contribution in [-0.2, 0) is 9.59 Å². The van der Waals surface area contributed by atoms with Gasteiger partial charge in [-0.3, -0.25) is 14.6 Å². The Morgan fingerprint density at radius 1 is 1.00 bits per heavy atom. The number of rotatable bonds is 11. The van der Waals surface area contributed by atoms with Crippen LogP contribution in [0.15, 0.2) is 4.99 Å². The first-order valence-electron chi connectivity index (χ1n) is 6.75. The zero-order chi connectivity index (χ0) is 15.4. The van der Waals surface area contributed by atoms with E-state index in [1.807, 2.05) is 0 Å². The van der Waals surface area contributed by atoms with E-state index in [0.717, 1.165) is 32.1 Å². The van der Waals surface area contributed by atoms with Crippen molar-refractivity contribution in [2.24, 2.45) is 22.2 Å². The first kappa shape index (κ1) is 18.2. The maximum atomic E-state index is 11.3. The van der Waals surface area contributed by atoms with Gasteiger partial charge in [-0.2, -0.15) is 0 Å². The van der Waals surface area contributed by atoms with Crippen molar-refractivity contribution < 1.29 is 14.7 Å². The molecule has 0 spiro atoms. The first-order chi connectivity index (χ1) is 9.43. The third-order valence-electron chi connectivity index (χ3n) is 2.67. The van der Waals surface area contributed by atoms with Crippen molar-refractivity contribution in [2.75, 3.05) is 6.54 Å². The summed E-state index contributed by atoms with van der Waals surface area (Å²) in [6.07, 6.45) is 4.38. The molecule has 0 aliphatic carbocycles. The molecule has 20 heavy (non-hydrogen) atoms. The summed E-state index contributed by atoms with van der Waals surface area (Å²) in [5.41, 5.74) is 15.2. The number of aliphatic hydroxyl groups is 1. The molecule has 2 amide bonds. The molecule has 0 aliphatic rings. The van der Waals surface area contributed by atoms with Crippen LogP contribution in [0.25, 0.3) is 0 Å². The van der Waals surface area contributed by atoms with E-state index in [2.05, 4.69) is 10.3 Å². The number of unbranched alkanes of at least 4 members (excludes halogenated alkanes) is 5. The molecule has 8 nitrogen and oxygen atoms in total. The van der Waals surface area contributed by atoms with Crippen LogP contribution in [0.5, 0.6) is 0 Å². The average molecular weight is 287 g/mol. The number of nitrogens with one attached hydrogen (secondary N) is 1. The number of guanidine groups is 1. The molecule has 0 aromatic heterocycles. The molecule has 0 rings (SSSR count). The molecule has 8 N–H and O–H groups in total. The van der Waals surface area contributed by atoms with E-state index < -0.39 is 12.1 Å². The normalized spacial score (nSPS) is 11.7. The molecule has 1 unspecified atom stereocenters. The van der Waals surface area contributed by atoms with Crippen LogP contribution >= 0.6 is 0 Å².